The molecule has 0 amide bonds. The second-order valence-corrected chi connectivity index (χ2v) is 4.32. The van der Waals surface area contributed by atoms with Crippen molar-refractivity contribution in [3.8, 4) is 11.5 Å². The van der Waals surface area contributed by atoms with Crippen LogP contribution in [0, 0.1) is 0 Å². The van der Waals surface area contributed by atoms with E-state index in [2.05, 4.69) is 20.7 Å². The van der Waals surface area contributed by atoms with E-state index in [1.165, 1.54) is 4.80 Å². The number of methoxy groups -OCH3 is 2. The van der Waals surface area contributed by atoms with E-state index in [1.54, 1.807) is 21.3 Å². The molecule has 1 atom stereocenters. The van der Waals surface area contributed by atoms with Crippen molar-refractivity contribution in [1.82, 2.24) is 25.5 Å². The van der Waals surface area contributed by atoms with Gasteiger partial charge in [0.1, 0.15) is 0 Å². The van der Waals surface area contributed by atoms with Crippen LogP contribution < -0.4 is 14.8 Å². The van der Waals surface area contributed by atoms with Gasteiger partial charge in [0.05, 0.1) is 21.3 Å². The zero-order valence-corrected chi connectivity index (χ0v) is 12.1. The van der Waals surface area contributed by atoms with Gasteiger partial charge in [-0.2, -0.15) is 4.80 Å². The van der Waals surface area contributed by atoms with E-state index >= 15 is 0 Å². The first-order valence-corrected chi connectivity index (χ1v) is 6.30. The van der Waals surface area contributed by atoms with Crippen molar-refractivity contribution in [3.05, 3.63) is 29.6 Å². The molecule has 2 aromatic rings. The van der Waals surface area contributed by atoms with Crippen LogP contribution >= 0.6 is 0 Å². The normalized spacial score (nSPS) is 12.2. The summed E-state index contributed by atoms with van der Waals surface area (Å²) in [5, 5.41) is 15.3. The van der Waals surface area contributed by atoms with Gasteiger partial charge in [0, 0.05) is 18.0 Å². The van der Waals surface area contributed by atoms with Crippen LogP contribution in [0.4, 0.5) is 0 Å². The van der Waals surface area contributed by atoms with E-state index < -0.39 is 0 Å². The van der Waals surface area contributed by atoms with Gasteiger partial charge in [0.2, 0.25) is 0 Å². The number of benzene rings is 1. The number of hydrogen-bond acceptors (Lipinski definition) is 6. The first-order chi connectivity index (χ1) is 9.69. The van der Waals surface area contributed by atoms with Crippen LogP contribution in [0.25, 0.3) is 0 Å². The molecule has 20 heavy (non-hydrogen) atoms. The third-order valence-corrected chi connectivity index (χ3v) is 3.09. The van der Waals surface area contributed by atoms with E-state index in [4.69, 9.17) is 9.47 Å². The molecule has 0 radical (unpaired) electrons. The van der Waals surface area contributed by atoms with Gasteiger partial charge >= 0.3 is 0 Å². The summed E-state index contributed by atoms with van der Waals surface area (Å²) < 4.78 is 10.8. The quantitative estimate of drug-likeness (QED) is 0.839. The minimum absolute atomic E-state index is 0.0178. The number of tetrazole rings is 1. The Morgan fingerprint density at radius 3 is 2.65 bits per heavy atom. The summed E-state index contributed by atoms with van der Waals surface area (Å²) in [5.41, 5.74) is 1.00. The van der Waals surface area contributed by atoms with Crippen LogP contribution in [-0.4, -0.2) is 41.5 Å². The standard InChI is InChI=1S/C13H19N5O2/c1-14-10(8-12-15-17-18(2)16-12)9-6-5-7-11(19-3)13(9)20-4/h5-7,10,14H,8H2,1-4H3. The molecule has 0 saturated heterocycles. The monoisotopic (exact) mass is 277 g/mol. The van der Waals surface area contributed by atoms with E-state index in [0.717, 1.165) is 11.3 Å². The van der Waals surface area contributed by atoms with Gasteiger partial charge < -0.3 is 14.8 Å². The van der Waals surface area contributed by atoms with Crippen molar-refractivity contribution in [2.24, 2.45) is 7.05 Å². The molecule has 1 aromatic carbocycles. The van der Waals surface area contributed by atoms with Crippen molar-refractivity contribution < 1.29 is 9.47 Å². The number of para-hydroxylation sites is 1. The lowest BCUT2D eigenvalue weighted by atomic mass is 10.0. The van der Waals surface area contributed by atoms with Crippen molar-refractivity contribution in [2.45, 2.75) is 12.5 Å². The van der Waals surface area contributed by atoms with Crippen LogP contribution in [0.15, 0.2) is 18.2 Å². The van der Waals surface area contributed by atoms with Crippen molar-refractivity contribution in [3.63, 3.8) is 0 Å². The highest BCUT2D eigenvalue weighted by molar-refractivity contribution is 5.48. The van der Waals surface area contributed by atoms with Crippen LogP contribution in [-0.2, 0) is 13.5 Å². The Morgan fingerprint density at radius 1 is 1.30 bits per heavy atom. The second-order valence-electron chi connectivity index (χ2n) is 4.32. The third-order valence-electron chi connectivity index (χ3n) is 3.09. The fourth-order valence-corrected chi connectivity index (χ4v) is 2.14. The SMILES string of the molecule is CNC(Cc1nnn(C)n1)c1cccc(OC)c1OC. The number of likely N-dealkylation sites (N-methyl/N-ethyl adjacent to an activating group) is 1. The maximum atomic E-state index is 5.47. The van der Waals surface area contributed by atoms with E-state index in [9.17, 15) is 0 Å². The summed E-state index contributed by atoms with van der Waals surface area (Å²) in [4.78, 5) is 1.45. The van der Waals surface area contributed by atoms with Gasteiger partial charge in [0.15, 0.2) is 17.3 Å². The Morgan fingerprint density at radius 2 is 2.10 bits per heavy atom. The Bertz CT molecular complexity index is 570. The first kappa shape index (κ1) is 14.3. The summed E-state index contributed by atoms with van der Waals surface area (Å²) >= 11 is 0. The topological polar surface area (TPSA) is 74.1 Å². The first-order valence-electron chi connectivity index (χ1n) is 6.30. The van der Waals surface area contributed by atoms with Gasteiger partial charge in [-0.25, -0.2) is 0 Å². The van der Waals surface area contributed by atoms with E-state index in [1.807, 2.05) is 25.2 Å². The molecule has 0 saturated carbocycles. The highest BCUT2D eigenvalue weighted by Crippen LogP contribution is 2.35. The highest BCUT2D eigenvalue weighted by Gasteiger charge is 2.19. The van der Waals surface area contributed by atoms with Crippen molar-refractivity contribution >= 4 is 0 Å². The van der Waals surface area contributed by atoms with Crippen molar-refractivity contribution in [2.75, 3.05) is 21.3 Å². The van der Waals surface area contributed by atoms with Gasteiger partial charge in [-0.1, -0.05) is 12.1 Å². The average molecular weight is 277 g/mol. The number of ether oxygens (including phenoxy) is 2. The maximum Gasteiger partial charge on any atom is 0.176 e. The lowest BCUT2D eigenvalue weighted by molar-refractivity contribution is 0.347. The molecule has 0 aliphatic heterocycles. The summed E-state index contributed by atoms with van der Waals surface area (Å²) in [5.74, 6) is 2.10. The van der Waals surface area contributed by atoms with Gasteiger partial charge in [-0.15, -0.1) is 10.2 Å². The van der Waals surface area contributed by atoms with E-state index in [-0.39, 0.29) is 6.04 Å². The number of aromatic nitrogens is 4. The maximum absolute atomic E-state index is 5.47. The smallest absolute Gasteiger partial charge is 0.176 e. The second kappa shape index (κ2) is 6.33. The molecule has 0 aliphatic carbocycles. The zero-order chi connectivity index (χ0) is 14.5. The molecule has 2 rings (SSSR count). The molecule has 7 heteroatoms. The number of nitrogens with one attached hydrogen (secondary N) is 1. The Kier molecular flexibility index (Phi) is 4.52. The highest BCUT2D eigenvalue weighted by atomic mass is 16.5. The number of rotatable bonds is 6. The molecule has 7 nitrogen and oxygen atoms in total. The van der Waals surface area contributed by atoms with Crippen molar-refractivity contribution in [1.29, 1.82) is 0 Å². The molecule has 1 heterocycles. The predicted molar refractivity (Wildman–Crippen MR) is 73.8 cm³/mol. The molecule has 0 aliphatic rings. The number of hydrogen-bond donors (Lipinski definition) is 1. The minimum atomic E-state index is 0.0178. The summed E-state index contributed by atoms with van der Waals surface area (Å²) in [6, 6.07) is 5.82. The molecule has 1 N–H and O–H groups in total. The predicted octanol–water partition coefficient (Wildman–Crippen LogP) is 0.730. The van der Waals surface area contributed by atoms with Crippen LogP contribution in [0.3, 0.4) is 0 Å². The Hall–Kier alpha value is -2.15. The van der Waals surface area contributed by atoms with Crippen LogP contribution in [0.1, 0.15) is 17.4 Å². The summed E-state index contributed by atoms with van der Waals surface area (Å²) in [6.07, 6.45) is 0.619. The zero-order valence-electron chi connectivity index (χ0n) is 12.1. The lowest BCUT2D eigenvalue weighted by Gasteiger charge is -2.19. The molecular formula is C13H19N5O2. The molecule has 0 bridgehead atoms. The largest absolute Gasteiger partial charge is 0.493 e. The molecule has 1 unspecified atom stereocenters. The Balaban J connectivity index is 2.31. The van der Waals surface area contributed by atoms with Crippen LogP contribution in [0.5, 0.6) is 11.5 Å². The lowest BCUT2D eigenvalue weighted by Crippen LogP contribution is -2.20. The molecule has 1 aromatic heterocycles. The number of nitrogens with zero attached hydrogens (tertiary/aromatic N) is 4. The third kappa shape index (κ3) is 2.88. The minimum Gasteiger partial charge on any atom is -0.493 e. The van der Waals surface area contributed by atoms with Gasteiger partial charge in [-0.3, -0.25) is 0 Å². The Labute approximate surface area is 117 Å². The molecule has 0 fully saturated rings. The molecule has 0 spiro atoms. The fourth-order valence-electron chi connectivity index (χ4n) is 2.14. The average Bonchev–Trinajstić information content (AvgIpc) is 2.89. The summed E-state index contributed by atoms with van der Waals surface area (Å²) in [7, 11) is 6.89. The fraction of sp³-hybridized carbons (Fsp3) is 0.462. The molecule has 108 valence electrons. The van der Waals surface area contributed by atoms with Gasteiger partial charge in [-0.05, 0) is 18.3 Å². The van der Waals surface area contributed by atoms with Gasteiger partial charge in [0.25, 0.3) is 0 Å². The van der Waals surface area contributed by atoms with E-state index in [0.29, 0.717) is 18.0 Å². The summed E-state index contributed by atoms with van der Waals surface area (Å²) in [6.45, 7) is 0. The number of aryl methyl sites for hydroxylation is 1. The molecular weight excluding hydrogens is 258 g/mol. The van der Waals surface area contributed by atoms with Crippen LogP contribution in [0.2, 0.25) is 0 Å².